The Morgan fingerprint density at radius 1 is 0.967 bits per heavy atom. The van der Waals surface area contributed by atoms with E-state index in [1.165, 1.54) is 38.1 Å². The first-order chi connectivity index (χ1) is 13.9. The van der Waals surface area contributed by atoms with Crippen LogP contribution in [0.1, 0.15) is 28.8 Å². The number of carbonyl (C=O) groups excluding carboxylic acids is 2. The van der Waals surface area contributed by atoms with Gasteiger partial charge in [-0.25, -0.2) is 9.50 Å². The molecule has 0 saturated carbocycles. The summed E-state index contributed by atoms with van der Waals surface area (Å²) >= 11 is 0. The summed E-state index contributed by atoms with van der Waals surface area (Å²) in [7, 11) is 0. The maximum absolute atomic E-state index is 13.9. The van der Waals surface area contributed by atoms with E-state index in [2.05, 4.69) is 20.7 Å². The number of nitrogens with zero attached hydrogens (tertiary/aromatic N) is 3. The minimum atomic E-state index is -5.85. The molecule has 1 aromatic carbocycles. The van der Waals surface area contributed by atoms with Gasteiger partial charge in [0, 0.05) is 30.1 Å². The lowest BCUT2D eigenvalue weighted by Crippen LogP contribution is -2.36. The molecule has 12 heteroatoms. The summed E-state index contributed by atoms with van der Waals surface area (Å²) in [5, 5.41) is 8.56. The Labute approximate surface area is 165 Å². The van der Waals surface area contributed by atoms with Crippen LogP contribution in [-0.4, -0.2) is 32.6 Å². The van der Waals surface area contributed by atoms with Crippen molar-refractivity contribution in [3.05, 3.63) is 53.5 Å². The summed E-state index contributed by atoms with van der Waals surface area (Å²) in [6, 6.07) is 7.51. The van der Waals surface area contributed by atoms with E-state index in [9.17, 15) is 31.5 Å². The molecule has 158 valence electrons. The van der Waals surface area contributed by atoms with Gasteiger partial charge >= 0.3 is 12.1 Å². The molecule has 0 atom stereocenters. The van der Waals surface area contributed by atoms with E-state index in [1.54, 1.807) is 0 Å². The molecule has 30 heavy (non-hydrogen) atoms. The number of hydrogen-bond donors (Lipinski definition) is 2. The summed E-state index contributed by atoms with van der Waals surface area (Å²) in [4.78, 5) is 27.3. The van der Waals surface area contributed by atoms with Crippen molar-refractivity contribution in [3.63, 3.8) is 0 Å². The monoisotopic (exact) mass is 427 g/mol. The molecule has 0 aliphatic heterocycles. The fourth-order valence-electron chi connectivity index (χ4n) is 2.62. The second-order valence-electron chi connectivity index (χ2n) is 6.37. The Morgan fingerprint density at radius 2 is 1.53 bits per heavy atom. The van der Waals surface area contributed by atoms with E-state index in [0.717, 1.165) is 6.07 Å². The lowest BCUT2D eigenvalue weighted by molar-refractivity contribution is -0.291. The van der Waals surface area contributed by atoms with E-state index < -0.39 is 29.4 Å². The van der Waals surface area contributed by atoms with Crippen LogP contribution in [-0.2, 0) is 10.7 Å². The molecule has 3 aromatic rings. The zero-order valence-corrected chi connectivity index (χ0v) is 15.5. The molecular weight excluding hydrogens is 413 g/mol. The predicted octanol–water partition coefficient (Wildman–Crippen LogP) is 3.90. The smallest absolute Gasteiger partial charge is 0.326 e. The number of anilines is 2. The maximum Gasteiger partial charge on any atom is 0.459 e. The van der Waals surface area contributed by atoms with Gasteiger partial charge < -0.3 is 10.6 Å². The molecule has 3 rings (SSSR count). The molecule has 2 amide bonds. The minimum absolute atomic E-state index is 0.0955. The Morgan fingerprint density at radius 3 is 2.07 bits per heavy atom. The second kappa shape index (κ2) is 7.35. The molecule has 0 radical (unpaired) electrons. The zero-order chi connectivity index (χ0) is 22.3. The van der Waals surface area contributed by atoms with Gasteiger partial charge in [0.05, 0.1) is 0 Å². The first-order valence-corrected chi connectivity index (χ1v) is 8.40. The fraction of sp³-hybridized carbons (Fsp3) is 0.222. The van der Waals surface area contributed by atoms with Crippen LogP contribution in [0.5, 0.6) is 0 Å². The van der Waals surface area contributed by atoms with Gasteiger partial charge in [-0.1, -0.05) is 0 Å². The third-order valence-electron chi connectivity index (χ3n) is 3.93. The molecule has 0 spiro atoms. The Hall–Kier alpha value is -3.57. The van der Waals surface area contributed by atoms with Crippen LogP contribution in [0.3, 0.4) is 0 Å². The van der Waals surface area contributed by atoms with Gasteiger partial charge in [-0.2, -0.15) is 27.1 Å². The van der Waals surface area contributed by atoms with Crippen molar-refractivity contribution in [1.29, 1.82) is 0 Å². The third kappa shape index (κ3) is 4.07. The number of carbonyl (C=O) groups is 2. The zero-order valence-electron chi connectivity index (χ0n) is 15.5. The number of benzene rings is 1. The summed E-state index contributed by atoms with van der Waals surface area (Å²) in [5.41, 5.74) is -1.51. The lowest BCUT2D eigenvalue weighted by Gasteiger charge is -2.20. The van der Waals surface area contributed by atoms with Gasteiger partial charge in [-0.3, -0.25) is 9.59 Å². The number of aromatic nitrogens is 3. The highest BCUT2D eigenvalue weighted by molar-refractivity contribution is 6.03. The molecular formula is C18H14F5N5O2. The Balaban J connectivity index is 1.93. The number of alkyl halides is 5. The van der Waals surface area contributed by atoms with Crippen LogP contribution >= 0.6 is 0 Å². The number of rotatable bonds is 4. The largest absolute Gasteiger partial charge is 0.459 e. The van der Waals surface area contributed by atoms with Crippen molar-refractivity contribution < 1.29 is 31.5 Å². The van der Waals surface area contributed by atoms with Gasteiger partial charge in [0.15, 0.2) is 11.3 Å². The number of hydrogen-bond acceptors (Lipinski definition) is 4. The number of aryl methyl sites for hydroxylation is 1. The summed E-state index contributed by atoms with van der Waals surface area (Å²) in [6.45, 7) is 2.57. The predicted molar refractivity (Wildman–Crippen MR) is 96.4 cm³/mol. The average Bonchev–Trinajstić information content (AvgIpc) is 3.05. The highest BCUT2D eigenvalue weighted by Gasteiger charge is 2.60. The lowest BCUT2D eigenvalue weighted by atomic mass is 10.2. The topological polar surface area (TPSA) is 88.4 Å². The molecule has 0 aliphatic carbocycles. The summed E-state index contributed by atoms with van der Waals surface area (Å²) in [5.74, 6) is -6.32. The van der Waals surface area contributed by atoms with Crippen molar-refractivity contribution in [1.82, 2.24) is 14.6 Å². The van der Waals surface area contributed by atoms with E-state index in [-0.39, 0.29) is 22.9 Å². The second-order valence-corrected chi connectivity index (χ2v) is 6.37. The average molecular weight is 427 g/mol. The quantitative estimate of drug-likeness (QED) is 0.618. The van der Waals surface area contributed by atoms with Crippen LogP contribution < -0.4 is 10.6 Å². The fourth-order valence-corrected chi connectivity index (χ4v) is 2.62. The normalized spacial score (nSPS) is 12.1. The van der Waals surface area contributed by atoms with Gasteiger partial charge in [0.2, 0.25) is 5.91 Å². The number of amides is 2. The van der Waals surface area contributed by atoms with Gasteiger partial charge in [-0.15, -0.1) is 0 Å². The molecule has 0 unspecified atom stereocenters. The standard InChI is InChI=1S/C18H14F5N5O2/c1-9-7-14(17(19,20)18(21,22)23)28-15(24-9)8-13(27-28)16(30)26-12-5-3-11(4-6-12)25-10(2)29/h3-8H,1-2H3,(H,25,29)(H,26,30). The van der Waals surface area contributed by atoms with Gasteiger partial charge in [-0.05, 0) is 37.3 Å². The van der Waals surface area contributed by atoms with Crippen LogP contribution in [0.25, 0.3) is 5.65 Å². The molecule has 0 bridgehead atoms. The third-order valence-corrected chi connectivity index (χ3v) is 3.93. The SMILES string of the molecule is CC(=O)Nc1ccc(NC(=O)c2cc3nc(C)cc(C(F)(F)C(F)(F)F)n3n2)cc1. The molecule has 0 fully saturated rings. The first-order valence-electron chi connectivity index (χ1n) is 8.40. The van der Waals surface area contributed by atoms with Crippen molar-refractivity contribution >= 4 is 28.8 Å². The molecule has 0 aliphatic rings. The number of fused-ring (bicyclic) bond motifs is 1. The van der Waals surface area contributed by atoms with E-state index in [0.29, 0.717) is 16.3 Å². The van der Waals surface area contributed by atoms with Crippen molar-refractivity contribution in [2.24, 2.45) is 0 Å². The molecule has 2 N–H and O–H groups in total. The molecule has 2 heterocycles. The Kier molecular flexibility index (Phi) is 5.18. The molecule has 7 nitrogen and oxygen atoms in total. The van der Waals surface area contributed by atoms with E-state index in [1.807, 2.05) is 0 Å². The van der Waals surface area contributed by atoms with Crippen LogP contribution in [0.2, 0.25) is 0 Å². The highest BCUT2D eigenvalue weighted by atomic mass is 19.4. The summed E-state index contributed by atoms with van der Waals surface area (Å²) in [6.07, 6.45) is -5.85. The van der Waals surface area contributed by atoms with Gasteiger partial charge in [0.1, 0.15) is 5.69 Å². The number of halogens is 5. The van der Waals surface area contributed by atoms with Crippen LogP contribution in [0, 0.1) is 6.92 Å². The molecule has 0 saturated heterocycles. The van der Waals surface area contributed by atoms with Crippen molar-refractivity contribution in [2.45, 2.75) is 25.9 Å². The van der Waals surface area contributed by atoms with Crippen LogP contribution in [0.4, 0.5) is 33.3 Å². The summed E-state index contributed by atoms with van der Waals surface area (Å²) < 4.78 is 66.6. The van der Waals surface area contributed by atoms with Crippen molar-refractivity contribution in [2.75, 3.05) is 10.6 Å². The van der Waals surface area contributed by atoms with E-state index >= 15 is 0 Å². The first kappa shape index (κ1) is 21.1. The Bertz CT molecular complexity index is 1120. The number of nitrogens with one attached hydrogen (secondary N) is 2. The van der Waals surface area contributed by atoms with Crippen molar-refractivity contribution in [3.8, 4) is 0 Å². The van der Waals surface area contributed by atoms with E-state index in [4.69, 9.17) is 0 Å². The van der Waals surface area contributed by atoms with Gasteiger partial charge in [0.25, 0.3) is 5.91 Å². The maximum atomic E-state index is 13.9. The minimum Gasteiger partial charge on any atom is -0.326 e. The highest BCUT2D eigenvalue weighted by Crippen LogP contribution is 2.43. The van der Waals surface area contributed by atoms with Crippen LogP contribution in [0.15, 0.2) is 36.4 Å². The molecule has 2 aromatic heterocycles.